The molecule has 0 saturated heterocycles. The summed E-state index contributed by atoms with van der Waals surface area (Å²) >= 11 is 8.24. The second kappa shape index (κ2) is 11.3. The molecule has 4 rings (SSSR count). The van der Waals surface area contributed by atoms with E-state index in [0.717, 1.165) is 22.5 Å². The second-order valence-corrected chi connectivity index (χ2v) is 11.4. The van der Waals surface area contributed by atoms with Gasteiger partial charge in [0, 0.05) is 22.5 Å². The van der Waals surface area contributed by atoms with Crippen molar-refractivity contribution in [3.63, 3.8) is 0 Å². The number of carbonyl (C=O) groups is 1. The minimum Gasteiger partial charge on any atom is -0.351 e. The molecule has 0 radical (unpaired) electrons. The zero-order chi connectivity index (χ0) is 25.9. The van der Waals surface area contributed by atoms with Gasteiger partial charge in [-0.15, -0.1) is 0 Å². The van der Waals surface area contributed by atoms with E-state index in [1.54, 1.807) is 24.3 Å². The highest BCUT2D eigenvalue weighted by molar-refractivity contribution is 14.1. The molecule has 0 bridgehead atoms. The summed E-state index contributed by atoms with van der Waals surface area (Å²) in [6.45, 7) is 0.0516. The van der Waals surface area contributed by atoms with Crippen molar-refractivity contribution in [1.29, 1.82) is 0 Å². The number of hydrogen-bond acceptors (Lipinski definition) is 6. The molecule has 8 nitrogen and oxygen atoms in total. The van der Waals surface area contributed by atoms with Gasteiger partial charge < -0.3 is 5.32 Å². The van der Waals surface area contributed by atoms with Crippen molar-refractivity contribution in [3.05, 3.63) is 80.1 Å². The van der Waals surface area contributed by atoms with E-state index in [1.165, 1.54) is 18.5 Å². The second-order valence-electron chi connectivity index (χ2n) is 8.04. The minimum absolute atomic E-state index is 0.189. The molecule has 0 spiro atoms. The fourth-order valence-corrected chi connectivity index (χ4v) is 5.16. The van der Waals surface area contributed by atoms with Gasteiger partial charge in [0.15, 0.2) is 11.6 Å². The Morgan fingerprint density at radius 2 is 1.86 bits per heavy atom. The minimum atomic E-state index is -4.56. The molecule has 190 valence electrons. The molecular weight excluding hydrogens is 629 g/mol. The number of amides is 1. The Hall–Kier alpha value is -2.39. The van der Waals surface area contributed by atoms with Crippen LogP contribution in [0.2, 0.25) is 5.02 Å². The zero-order valence-electron chi connectivity index (χ0n) is 18.5. The molecule has 36 heavy (non-hydrogen) atoms. The first-order chi connectivity index (χ1) is 17.2. The number of hydroxylamine groups is 1. The Balaban J connectivity index is 1.70. The summed E-state index contributed by atoms with van der Waals surface area (Å²) in [4.78, 5) is 20.9. The number of rotatable bonds is 10. The van der Waals surface area contributed by atoms with Gasteiger partial charge in [0.1, 0.15) is 4.90 Å². The van der Waals surface area contributed by atoms with Crippen LogP contribution in [0.25, 0.3) is 0 Å². The van der Waals surface area contributed by atoms with Crippen LogP contribution in [0.1, 0.15) is 28.8 Å². The van der Waals surface area contributed by atoms with Crippen LogP contribution >= 0.6 is 34.2 Å². The predicted octanol–water partition coefficient (Wildman–Crippen LogP) is 4.91. The smallest absolute Gasteiger partial charge is 0.277 e. The third-order valence-electron chi connectivity index (χ3n) is 5.29. The molecule has 1 aliphatic rings. The maximum atomic E-state index is 15.3. The largest absolute Gasteiger partial charge is 0.351 e. The quantitative estimate of drug-likeness (QED) is 0.213. The van der Waals surface area contributed by atoms with Crippen LogP contribution in [-0.4, -0.2) is 25.9 Å². The maximum Gasteiger partial charge on any atom is 0.277 e. The average molecular weight is 649 g/mol. The highest BCUT2D eigenvalue weighted by Gasteiger charge is 2.30. The van der Waals surface area contributed by atoms with E-state index < -0.39 is 43.7 Å². The highest BCUT2D eigenvalue weighted by Crippen LogP contribution is 2.34. The van der Waals surface area contributed by atoms with Crippen LogP contribution in [0.5, 0.6) is 0 Å². The molecule has 1 fully saturated rings. The van der Waals surface area contributed by atoms with Gasteiger partial charge in [0.05, 0.1) is 28.6 Å². The van der Waals surface area contributed by atoms with Gasteiger partial charge in [-0.25, -0.2) is 27.4 Å². The number of anilines is 2. The molecule has 3 aromatic rings. The lowest BCUT2D eigenvalue weighted by molar-refractivity contribution is 0.0270. The van der Waals surface area contributed by atoms with Crippen molar-refractivity contribution in [1.82, 2.24) is 15.2 Å². The predicted molar refractivity (Wildman–Crippen MR) is 138 cm³/mol. The third kappa shape index (κ3) is 6.48. The molecular formula is C23H20ClF2IN4O4S. The summed E-state index contributed by atoms with van der Waals surface area (Å²) < 4.78 is 59.2. The van der Waals surface area contributed by atoms with Crippen LogP contribution in [0.15, 0.2) is 53.7 Å². The number of pyridine rings is 1. The van der Waals surface area contributed by atoms with E-state index in [4.69, 9.17) is 16.4 Å². The molecule has 0 unspecified atom stereocenters. The summed E-state index contributed by atoms with van der Waals surface area (Å²) in [7, 11) is -4.56. The molecule has 0 aliphatic heterocycles. The monoisotopic (exact) mass is 648 g/mol. The van der Waals surface area contributed by atoms with Crippen LogP contribution in [-0.2, 0) is 21.4 Å². The lowest BCUT2D eigenvalue weighted by atomic mass is 10.1. The van der Waals surface area contributed by atoms with Crippen LogP contribution in [0.4, 0.5) is 20.2 Å². The Bertz CT molecular complexity index is 1390. The van der Waals surface area contributed by atoms with Gasteiger partial charge in [0.25, 0.3) is 5.91 Å². The Morgan fingerprint density at radius 3 is 2.53 bits per heavy atom. The Labute approximate surface area is 224 Å². The van der Waals surface area contributed by atoms with Crippen LogP contribution in [0, 0.1) is 21.1 Å². The number of nitrogens with zero attached hydrogens (tertiary/aromatic N) is 1. The summed E-state index contributed by atoms with van der Waals surface area (Å²) in [6.07, 6.45) is 4.85. The zero-order valence-corrected chi connectivity index (χ0v) is 22.3. The third-order valence-corrected chi connectivity index (χ3v) is 7.68. The molecule has 13 heteroatoms. The molecule has 1 aliphatic carbocycles. The van der Waals surface area contributed by atoms with Crippen molar-refractivity contribution in [2.75, 3.05) is 11.9 Å². The van der Waals surface area contributed by atoms with Gasteiger partial charge in [-0.2, -0.15) is 0 Å². The normalized spacial score (nSPS) is 13.4. The van der Waals surface area contributed by atoms with Gasteiger partial charge in [-0.1, -0.05) is 11.6 Å². The van der Waals surface area contributed by atoms with Gasteiger partial charge in [-0.05, 0) is 83.3 Å². The SMILES string of the molecule is O=C(NOCC1CC1)c1cc(S(=O)(=O)NCc2ccncc2)c(F)c(F)c1Nc1ccc(I)cc1Cl. The van der Waals surface area contributed by atoms with Crippen LogP contribution in [0.3, 0.4) is 0 Å². The van der Waals surface area contributed by atoms with Gasteiger partial charge >= 0.3 is 0 Å². The molecule has 1 heterocycles. The standard InChI is InChI=1S/C23H20ClF2IN4O4S/c24-17-9-15(27)3-4-18(17)30-22-16(23(32)31-35-12-14-1-2-14)10-19(20(25)21(22)26)36(33,34)29-11-13-5-7-28-8-6-13/h3-10,14,29-30H,1-2,11-12H2,(H,31,32). The maximum absolute atomic E-state index is 15.3. The lowest BCUT2D eigenvalue weighted by Crippen LogP contribution is -2.28. The average Bonchev–Trinajstić information content (AvgIpc) is 3.67. The van der Waals surface area contributed by atoms with Gasteiger partial charge in [-0.3, -0.25) is 14.6 Å². The van der Waals surface area contributed by atoms with Crippen molar-refractivity contribution in [3.8, 4) is 0 Å². The van der Waals surface area contributed by atoms with Crippen molar-refractivity contribution < 1.29 is 26.8 Å². The summed E-state index contributed by atoms with van der Waals surface area (Å²) in [5.74, 6) is -3.86. The lowest BCUT2D eigenvalue weighted by Gasteiger charge is -2.17. The van der Waals surface area contributed by atoms with Gasteiger partial charge in [0.2, 0.25) is 10.0 Å². The highest BCUT2D eigenvalue weighted by atomic mass is 127. The number of sulfonamides is 1. The summed E-state index contributed by atoms with van der Waals surface area (Å²) in [5.41, 5.74) is 1.85. The number of carbonyl (C=O) groups excluding carboxylic acids is 1. The van der Waals surface area contributed by atoms with E-state index in [2.05, 4.69) is 20.5 Å². The number of hydrogen-bond donors (Lipinski definition) is 3. The first-order valence-electron chi connectivity index (χ1n) is 10.7. The first-order valence-corrected chi connectivity index (χ1v) is 13.6. The van der Waals surface area contributed by atoms with E-state index >= 15 is 8.78 Å². The molecule has 1 saturated carbocycles. The Kier molecular flexibility index (Phi) is 8.40. The Morgan fingerprint density at radius 1 is 1.14 bits per heavy atom. The number of aromatic nitrogens is 1. The summed E-state index contributed by atoms with van der Waals surface area (Å²) in [6, 6.07) is 8.66. The first kappa shape index (κ1) is 26.7. The molecule has 2 aromatic carbocycles. The molecule has 1 amide bonds. The van der Waals surface area contributed by atoms with Crippen LogP contribution < -0.4 is 15.5 Å². The number of benzene rings is 2. The van der Waals surface area contributed by atoms with E-state index in [-0.39, 0.29) is 23.9 Å². The molecule has 0 atom stereocenters. The molecule has 3 N–H and O–H groups in total. The fourth-order valence-electron chi connectivity index (χ4n) is 3.15. The number of nitrogens with one attached hydrogen (secondary N) is 3. The van der Waals surface area contributed by atoms with Crippen molar-refractivity contribution >= 4 is 61.5 Å². The van der Waals surface area contributed by atoms with Crippen molar-refractivity contribution in [2.24, 2.45) is 5.92 Å². The topological polar surface area (TPSA) is 109 Å². The fraction of sp³-hybridized carbons (Fsp3) is 0.217. The summed E-state index contributed by atoms with van der Waals surface area (Å²) in [5, 5.41) is 2.81. The van der Waals surface area contributed by atoms with E-state index in [1.807, 2.05) is 22.6 Å². The van der Waals surface area contributed by atoms with E-state index in [0.29, 0.717) is 11.5 Å². The van der Waals surface area contributed by atoms with Crippen molar-refractivity contribution in [2.45, 2.75) is 24.3 Å². The molecule has 1 aromatic heterocycles. The number of halogens is 4. The van der Waals surface area contributed by atoms with E-state index in [9.17, 15) is 13.2 Å².